The van der Waals surface area contributed by atoms with Crippen molar-refractivity contribution in [1.82, 2.24) is 19.9 Å². The molecule has 0 bridgehead atoms. The summed E-state index contributed by atoms with van der Waals surface area (Å²) in [4.78, 5) is 28.0. The molecule has 0 atom stereocenters. The van der Waals surface area contributed by atoms with Gasteiger partial charge in [0, 0.05) is 24.1 Å². The number of benzene rings is 1. The zero-order valence-corrected chi connectivity index (χ0v) is 19.0. The molecule has 0 radical (unpaired) electrons. The highest BCUT2D eigenvalue weighted by Gasteiger charge is 2.33. The molecule has 0 fully saturated rings. The molecule has 11 heteroatoms. The van der Waals surface area contributed by atoms with Gasteiger partial charge in [0.05, 0.1) is 32.2 Å². The van der Waals surface area contributed by atoms with Crippen molar-refractivity contribution in [2.45, 2.75) is 25.2 Å². The molecule has 0 aliphatic carbocycles. The summed E-state index contributed by atoms with van der Waals surface area (Å²) in [5, 5.41) is 0.243. The number of fused-ring (bicyclic) bond motifs is 1. The normalized spacial score (nSPS) is 13.4. The molecule has 0 saturated heterocycles. The quantitative estimate of drug-likeness (QED) is 0.516. The van der Waals surface area contributed by atoms with E-state index in [1.54, 1.807) is 32.1 Å². The van der Waals surface area contributed by atoms with Gasteiger partial charge in [-0.25, -0.2) is 23.4 Å². The number of thiazole rings is 1. The van der Waals surface area contributed by atoms with Crippen molar-refractivity contribution in [2.75, 3.05) is 20.5 Å². The van der Waals surface area contributed by atoms with E-state index in [9.17, 15) is 13.2 Å². The van der Waals surface area contributed by atoms with E-state index < -0.39 is 9.84 Å². The molecule has 3 aromatic rings. The maximum absolute atomic E-state index is 13.0. The van der Waals surface area contributed by atoms with E-state index in [2.05, 4.69) is 15.0 Å². The molecule has 1 amide bonds. The number of sulfone groups is 1. The number of hydrogen-bond acceptors (Lipinski definition) is 9. The standard InChI is InChI=1S/C20H20N4O5S2/c1-11-8-21-20(31(4,26)27)23-16(11)18-22-17-15(30-18)10-24(19(17)25)9-12-5-6-13(28-2)7-14(12)29-3/h5-8H,9-10H2,1-4H3. The number of rotatable bonds is 6. The Kier molecular flexibility index (Phi) is 5.40. The van der Waals surface area contributed by atoms with Crippen molar-refractivity contribution in [1.29, 1.82) is 0 Å². The third-order valence-electron chi connectivity index (χ3n) is 4.86. The van der Waals surface area contributed by atoms with Gasteiger partial charge in [-0.05, 0) is 24.6 Å². The predicted molar refractivity (Wildman–Crippen MR) is 114 cm³/mol. The first-order valence-corrected chi connectivity index (χ1v) is 12.0. The summed E-state index contributed by atoms with van der Waals surface area (Å²) in [6.45, 7) is 2.55. The summed E-state index contributed by atoms with van der Waals surface area (Å²) in [5.41, 5.74) is 2.33. The van der Waals surface area contributed by atoms with Crippen LogP contribution in [0.15, 0.2) is 29.6 Å². The molecule has 0 unspecified atom stereocenters. The maximum atomic E-state index is 13.0. The Morgan fingerprint density at radius 3 is 2.58 bits per heavy atom. The van der Waals surface area contributed by atoms with E-state index in [4.69, 9.17) is 9.47 Å². The lowest BCUT2D eigenvalue weighted by Gasteiger charge is -2.18. The summed E-state index contributed by atoms with van der Waals surface area (Å²) >= 11 is 1.33. The van der Waals surface area contributed by atoms with Crippen LogP contribution in [0.4, 0.5) is 0 Å². The number of carbonyl (C=O) groups is 1. The molecule has 2 aromatic heterocycles. The molecule has 9 nitrogen and oxygen atoms in total. The lowest BCUT2D eigenvalue weighted by Crippen LogP contribution is -2.24. The van der Waals surface area contributed by atoms with Gasteiger partial charge in [0.2, 0.25) is 15.0 Å². The molecule has 1 aromatic carbocycles. The van der Waals surface area contributed by atoms with Crippen LogP contribution in [0.25, 0.3) is 10.7 Å². The summed E-state index contributed by atoms with van der Waals surface area (Å²) in [5.74, 6) is 1.12. The van der Waals surface area contributed by atoms with Crippen molar-refractivity contribution in [3.05, 3.63) is 46.1 Å². The average Bonchev–Trinajstić information content (AvgIpc) is 3.27. The first-order valence-electron chi connectivity index (χ1n) is 9.25. The highest BCUT2D eigenvalue weighted by molar-refractivity contribution is 7.90. The van der Waals surface area contributed by atoms with Crippen LogP contribution >= 0.6 is 11.3 Å². The number of aromatic nitrogens is 3. The second-order valence-electron chi connectivity index (χ2n) is 7.09. The minimum absolute atomic E-state index is 0.189. The monoisotopic (exact) mass is 460 g/mol. The fourth-order valence-corrected chi connectivity index (χ4v) is 4.88. The second-order valence-corrected chi connectivity index (χ2v) is 10.1. The summed E-state index contributed by atoms with van der Waals surface area (Å²) in [6.07, 6.45) is 2.51. The van der Waals surface area contributed by atoms with Crippen molar-refractivity contribution >= 4 is 27.1 Å². The Labute approximate surface area is 183 Å². The molecular weight excluding hydrogens is 440 g/mol. The first-order chi connectivity index (χ1) is 14.7. The van der Waals surface area contributed by atoms with Gasteiger partial charge < -0.3 is 14.4 Å². The van der Waals surface area contributed by atoms with E-state index >= 15 is 0 Å². The highest BCUT2D eigenvalue weighted by atomic mass is 32.2. The van der Waals surface area contributed by atoms with Gasteiger partial charge in [0.25, 0.3) is 5.91 Å². The average molecular weight is 461 g/mol. The Hall–Kier alpha value is -3.05. The van der Waals surface area contributed by atoms with Crippen molar-refractivity contribution < 1.29 is 22.7 Å². The largest absolute Gasteiger partial charge is 0.497 e. The van der Waals surface area contributed by atoms with Crippen LogP contribution in [-0.2, 0) is 22.9 Å². The molecule has 162 valence electrons. The molecule has 0 N–H and O–H groups in total. The topological polar surface area (TPSA) is 112 Å². The van der Waals surface area contributed by atoms with E-state index in [0.29, 0.717) is 46.5 Å². The number of hydrogen-bond donors (Lipinski definition) is 0. The Morgan fingerprint density at radius 2 is 1.94 bits per heavy atom. The van der Waals surface area contributed by atoms with Gasteiger partial charge >= 0.3 is 0 Å². The van der Waals surface area contributed by atoms with Crippen LogP contribution in [0.1, 0.15) is 26.5 Å². The molecule has 0 saturated carbocycles. The third kappa shape index (κ3) is 3.98. The van der Waals surface area contributed by atoms with Crippen molar-refractivity contribution in [2.24, 2.45) is 0 Å². The maximum Gasteiger partial charge on any atom is 0.274 e. The lowest BCUT2D eigenvalue weighted by atomic mass is 10.2. The number of aryl methyl sites for hydroxylation is 1. The van der Waals surface area contributed by atoms with Gasteiger partial charge in [0.1, 0.15) is 27.9 Å². The number of ether oxygens (including phenoxy) is 2. The molecule has 1 aliphatic heterocycles. The number of methoxy groups -OCH3 is 2. The number of nitrogens with zero attached hydrogens (tertiary/aromatic N) is 4. The van der Waals surface area contributed by atoms with Crippen LogP contribution in [0.2, 0.25) is 0 Å². The second kappa shape index (κ2) is 7.89. The van der Waals surface area contributed by atoms with Crippen LogP contribution in [0.5, 0.6) is 11.5 Å². The van der Waals surface area contributed by atoms with E-state index in [-0.39, 0.29) is 11.1 Å². The van der Waals surface area contributed by atoms with Crippen LogP contribution in [0, 0.1) is 6.92 Å². The number of carbonyl (C=O) groups excluding carboxylic acids is 1. The van der Waals surface area contributed by atoms with Gasteiger partial charge in [-0.15, -0.1) is 11.3 Å². The predicted octanol–water partition coefficient (Wildman–Crippen LogP) is 2.49. The summed E-state index contributed by atoms with van der Waals surface area (Å²) < 4.78 is 34.3. The minimum atomic E-state index is -3.55. The molecule has 4 rings (SSSR count). The Balaban J connectivity index is 1.60. The van der Waals surface area contributed by atoms with Crippen LogP contribution in [0.3, 0.4) is 0 Å². The lowest BCUT2D eigenvalue weighted by molar-refractivity contribution is 0.0761. The van der Waals surface area contributed by atoms with E-state index in [1.165, 1.54) is 17.5 Å². The SMILES string of the molecule is COc1ccc(CN2Cc3sc(-c4nc(S(C)(=O)=O)ncc4C)nc3C2=O)c(OC)c1. The van der Waals surface area contributed by atoms with E-state index in [0.717, 1.165) is 16.7 Å². The van der Waals surface area contributed by atoms with E-state index in [1.807, 2.05) is 12.1 Å². The third-order valence-corrected chi connectivity index (χ3v) is 6.77. The van der Waals surface area contributed by atoms with Crippen LogP contribution in [-0.4, -0.2) is 54.7 Å². The Morgan fingerprint density at radius 1 is 1.16 bits per heavy atom. The zero-order chi connectivity index (χ0) is 22.3. The van der Waals surface area contributed by atoms with Gasteiger partial charge in [-0.2, -0.15) is 0 Å². The summed E-state index contributed by atoms with van der Waals surface area (Å²) in [6, 6.07) is 5.47. The fourth-order valence-electron chi connectivity index (χ4n) is 3.26. The van der Waals surface area contributed by atoms with Gasteiger partial charge in [0.15, 0.2) is 0 Å². The molecule has 1 aliphatic rings. The van der Waals surface area contributed by atoms with Crippen molar-refractivity contribution in [3.8, 4) is 22.2 Å². The number of amides is 1. The molecule has 3 heterocycles. The summed E-state index contributed by atoms with van der Waals surface area (Å²) in [7, 11) is -0.398. The smallest absolute Gasteiger partial charge is 0.274 e. The molecular formula is C20H20N4O5S2. The first kappa shape index (κ1) is 21.2. The van der Waals surface area contributed by atoms with Crippen LogP contribution < -0.4 is 9.47 Å². The fraction of sp³-hybridized carbons (Fsp3) is 0.300. The van der Waals surface area contributed by atoms with Gasteiger partial charge in [-0.1, -0.05) is 0 Å². The molecule has 0 spiro atoms. The van der Waals surface area contributed by atoms with Crippen molar-refractivity contribution in [3.63, 3.8) is 0 Å². The molecule has 31 heavy (non-hydrogen) atoms. The minimum Gasteiger partial charge on any atom is -0.497 e. The highest BCUT2D eigenvalue weighted by Crippen LogP contribution is 2.36. The zero-order valence-electron chi connectivity index (χ0n) is 17.4. The Bertz CT molecular complexity index is 1290. The van der Waals surface area contributed by atoms with Gasteiger partial charge in [-0.3, -0.25) is 4.79 Å².